The summed E-state index contributed by atoms with van der Waals surface area (Å²) in [6.07, 6.45) is 1.59. The largest absolute Gasteiger partial charge is 0.377 e. The van der Waals surface area contributed by atoms with Crippen molar-refractivity contribution >= 4 is 39.7 Å². The summed E-state index contributed by atoms with van der Waals surface area (Å²) < 4.78 is 19.4. The van der Waals surface area contributed by atoms with Crippen molar-refractivity contribution < 1.29 is 13.7 Å². The van der Waals surface area contributed by atoms with E-state index >= 15 is 0 Å². The lowest BCUT2D eigenvalue weighted by Crippen LogP contribution is -2.44. The summed E-state index contributed by atoms with van der Waals surface area (Å²) in [5, 5.41) is 7.47. The lowest BCUT2D eigenvalue weighted by atomic mass is 10.1. The monoisotopic (exact) mass is 526 g/mol. The third-order valence-corrected chi connectivity index (χ3v) is 9.63. The third kappa shape index (κ3) is 5.00. The lowest BCUT2D eigenvalue weighted by molar-refractivity contribution is 0.0985. The van der Waals surface area contributed by atoms with Gasteiger partial charge in [-0.3, -0.25) is 4.21 Å². The van der Waals surface area contributed by atoms with Crippen LogP contribution < -0.4 is 15.5 Å². The lowest BCUT2D eigenvalue weighted by Gasteiger charge is -2.34. The number of benzene rings is 1. The fourth-order valence-corrected chi connectivity index (χ4v) is 7.11. The molecule has 5 rings (SSSR count). The predicted molar refractivity (Wildman–Crippen MR) is 142 cm³/mol. The Kier molecular flexibility index (Phi) is 7.05. The summed E-state index contributed by atoms with van der Waals surface area (Å²) in [5.74, 6) is 1.39. The Hall–Kier alpha value is -2.89. The molecule has 1 aromatic carbocycles. The van der Waals surface area contributed by atoms with E-state index in [0.29, 0.717) is 35.6 Å². The van der Waals surface area contributed by atoms with Gasteiger partial charge in [-0.1, -0.05) is 0 Å². The molecule has 2 N–H and O–H groups in total. The molecule has 11 heteroatoms. The van der Waals surface area contributed by atoms with Crippen LogP contribution in [0.2, 0.25) is 0 Å². The molecule has 1 aliphatic carbocycles. The van der Waals surface area contributed by atoms with Crippen LogP contribution in [0.3, 0.4) is 0 Å². The second-order valence-electron chi connectivity index (χ2n) is 9.13. The molecule has 3 aromatic rings. The first kappa shape index (κ1) is 24.8. The number of morpholine rings is 1. The van der Waals surface area contributed by atoms with Crippen molar-refractivity contribution in [2.45, 2.75) is 48.7 Å². The summed E-state index contributed by atoms with van der Waals surface area (Å²) in [6.45, 7) is 8.45. The van der Waals surface area contributed by atoms with Crippen LogP contribution in [0.1, 0.15) is 38.1 Å². The molecule has 2 aliphatic rings. The highest BCUT2D eigenvalue weighted by Gasteiger charge is 2.53. The second kappa shape index (κ2) is 10.2. The molecule has 1 aliphatic heterocycles. The zero-order valence-corrected chi connectivity index (χ0v) is 22.2. The second-order valence-corrected chi connectivity index (χ2v) is 12.0. The average molecular weight is 527 g/mol. The zero-order valence-electron chi connectivity index (χ0n) is 20.6. The Morgan fingerprint density at radius 2 is 2.03 bits per heavy atom. The molecule has 2 atom stereocenters. The van der Waals surface area contributed by atoms with Crippen LogP contribution in [-0.2, 0) is 20.3 Å². The molecule has 1 saturated heterocycles. The molecule has 2 aromatic heterocycles. The van der Waals surface area contributed by atoms with E-state index in [2.05, 4.69) is 27.4 Å². The fraction of sp³-hybridized carbons (Fsp3) is 0.440. The Bertz CT molecular complexity index is 1280. The van der Waals surface area contributed by atoms with E-state index in [1.54, 1.807) is 0 Å². The van der Waals surface area contributed by atoms with E-state index in [-0.39, 0.29) is 12.1 Å². The van der Waals surface area contributed by atoms with Gasteiger partial charge in [0.15, 0.2) is 10.2 Å². The summed E-state index contributed by atoms with van der Waals surface area (Å²) >= 11 is 1.44. The molecule has 1 unspecified atom stereocenters. The van der Waals surface area contributed by atoms with Crippen molar-refractivity contribution in [1.82, 2.24) is 20.3 Å². The number of aromatic nitrogens is 3. The van der Waals surface area contributed by atoms with Crippen molar-refractivity contribution in [2.24, 2.45) is 0 Å². The van der Waals surface area contributed by atoms with Gasteiger partial charge in [0.1, 0.15) is 5.82 Å². The van der Waals surface area contributed by atoms with Gasteiger partial charge in [-0.05, 0) is 57.9 Å². The van der Waals surface area contributed by atoms with Crippen molar-refractivity contribution in [2.75, 3.05) is 36.5 Å². The van der Waals surface area contributed by atoms with Crippen LogP contribution >= 0.6 is 11.3 Å². The predicted octanol–water partition coefficient (Wildman–Crippen LogP) is 4.07. The molecule has 2 fully saturated rings. The number of carbonyl (C=O) groups is 1. The molecule has 2 amide bonds. The fourth-order valence-electron chi connectivity index (χ4n) is 4.28. The quantitative estimate of drug-likeness (QED) is 0.478. The molecule has 0 bridgehead atoms. The van der Waals surface area contributed by atoms with Crippen molar-refractivity contribution in [3.05, 3.63) is 47.1 Å². The topological polar surface area (TPSA) is 109 Å². The molecule has 36 heavy (non-hydrogen) atoms. The maximum atomic E-state index is 13.7. The van der Waals surface area contributed by atoms with Gasteiger partial charge >= 0.3 is 6.03 Å². The number of nitrogens with zero attached hydrogens (tertiary/aromatic N) is 4. The smallest absolute Gasteiger partial charge is 0.319 e. The molecular weight excluding hydrogens is 496 g/mol. The summed E-state index contributed by atoms with van der Waals surface area (Å²) in [4.78, 5) is 28.5. The van der Waals surface area contributed by atoms with Crippen LogP contribution in [-0.4, -0.2) is 57.5 Å². The number of thiazole rings is 1. The maximum Gasteiger partial charge on any atom is 0.319 e. The number of hydrogen-bond acceptors (Lipinski definition) is 8. The minimum atomic E-state index is -1.29. The van der Waals surface area contributed by atoms with Crippen molar-refractivity contribution in [3.63, 3.8) is 0 Å². The van der Waals surface area contributed by atoms with Crippen molar-refractivity contribution in [3.8, 4) is 11.4 Å². The van der Waals surface area contributed by atoms with Crippen LogP contribution in [0.25, 0.3) is 11.4 Å². The number of urea groups is 1. The average Bonchev–Trinajstić information content (AvgIpc) is 3.58. The highest BCUT2D eigenvalue weighted by Crippen LogP contribution is 2.53. The highest BCUT2D eigenvalue weighted by molar-refractivity contribution is 7.88. The maximum absolute atomic E-state index is 13.7. The first-order chi connectivity index (χ1) is 17.4. The van der Waals surface area contributed by atoms with E-state index in [4.69, 9.17) is 14.7 Å². The van der Waals surface area contributed by atoms with Gasteiger partial charge in [-0.15, -0.1) is 11.3 Å². The van der Waals surface area contributed by atoms with Crippen LogP contribution in [0, 0.1) is 6.92 Å². The molecule has 190 valence electrons. The van der Waals surface area contributed by atoms with Gasteiger partial charge < -0.3 is 20.3 Å². The van der Waals surface area contributed by atoms with E-state index in [1.807, 2.05) is 49.6 Å². The Balaban J connectivity index is 1.52. The molecule has 0 radical (unpaired) electrons. The first-order valence-corrected chi connectivity index (χ1v) is 14.2. The zero-order chi connectivity index (χ0) is 25.3. The highest BCUT2D eigenvalue weighted by atomic mass is 32.2. The van der Waals surface area contributed by atoms with Crippen LogP contribution in [0.15, 0.2) is 40.1 Å². The molecule has 1 saturated carbocycles. The standard InChI is InChI=1S/C25H30N6O3S2/c1-4-26-23(32)28-19-7-5-18(6-8-19)22-29-20(13-21(30-22)31-11-12-34-14-17(31)3)25(9-10-25)36(33)24-27-16(2)15-35-24/h5-8,13,15,17H,4,9-12,14H2,1-3H3,(H2,26,28,32)/t17-,36?/m0/s1. The summed E-state index contributed by atoms with van der Waals surface area (Å²) in [6, 6.07) is 9.38. The van der Waals surface area contributed by atoms with Gasteiger partial charge in [0, 0.05) is 41.5 Å². The van der Waals surface area contributed by atoms with E-state index < -0.39 is 15.5 Å². The van der Waals surface area contributed by atoms with Gasteiger partial charge in [0.2, 0.25) is 0 Å². The molecular formula is C25H30N6O3S2. The number of anilines is 2. The number of ether oxygens (including phenoxy) is 1. The molecule has 3 heterocycles. The first-order valence-electron chi connectivity index (χ1n) is 12.1. The number of hydrogen-bond donors (Lipinski definition) is 2. The Labute approximate surface area is 217 Å². The van der Waals surface area contributed by atoms with Gasteiger partial charge in [0.25, 0.3) is 0 Å². The number of carbonyl (C=O) groups excluding carboxylic acids is 1. The third-order valence-electron chi connectivity index (χ3n) is 6.40. The normalized spacial score (nSPS) is 19.5. The number of amides is 2. The molecule has 9 nitrogen and oxygen atoms in total. The number of nitrogens with one attached hydrogen (secondary N) is 2. The van der Waals surface area contributed by atoms with Gasteiger partial charge in [0.05, 0.1) is 40.5 Å². The summed E-state index contributed by atoms with van der Waals surface area (Å²) in [5.41, 5.74) is 3.18. The van der Waals surface area contributed by atoms with Gasteiger partial charge in [-0.2, -0.15) is 0 Å². The minimum absolute atomic E-state index is 0.167. The van der Waals surface area contributed by atoms with Gasteiger partial charge in [-0.25, -0.2) is 19.7 Å². The Morgan fingerprint density at radius 1 is 1.25 bits per heavy atom. The van der Waals surface area contributed by atoms with Crippen LogP contribution in [0.5, 0.6) is 0 Å². The number of rotatable bonds is 7. The van der Waals surface area contributed by atoms with E-state index in [1.165, 1.54) is 11.3 Å². The minimum Gasteiger partial charge on any atom is -0.377 e. The SMILES string of the molecule is CCNC(=O)Nc1ccc(-c2nc(N3CCOC[C@@H]3C)cc(C3(S(=O)c4nc(C)cs4)CC3)n2)cc1. The number of aryl methyl sites for hydroxylation is 1. The Morgan fingerprint density at radius 3 is 2.67 bits per heavy atom. The van der Waals surface area contributed by atoms with Crippen LogP contribution in [0.4, 0.5) is 16.3 Å². The van der Waals surface area contributed by atoms with E-state index in [0.717, 1.165) is 42.2 Å². The summed E-state index contributed by atoms with van der Waals surface area (Å²) in [7, 11) is -1.29. The molecule has 0 spiro atoms. The van der Waals surface area contributed by atoms with E-state index in [9.17, 15) is 9.00 Å². The van der Waals surface area contributed by atoms with Crippen molar-refractivity contribution in [1.29, 1.82) is 0 Å².